The van der Waals surface area contributed by atoms with E-state index < -0.39 is 108 Å². The summed E-state index contributed by atoms with van der Waals surface area (Å²) in [7, 11) is 0. The highest BCUT2D eigenvalue weighted by Gasteiger charge is 2.35. The number of carbonyl (C=O) groups excluding carboxylic acids is 2. The standard InChI is InChI=1S/C41H56N8O17S/c50-32(44-40(12-6-34(52)53,13-7-35(54)55)14-8-36(56)57)26-48-21-18-42-30(48)24-47(20-1-23-66-29-4-2-28(3-5-29)46-67(64)65)25-31-43-19-22-49(31)27-33(51)45-41(15-9-37(58)59,16-10-38(60)61)17-11-39(62)63/h2-5,18-19,21-22,46H,1,6-17,20,23-27H2,(H,44,50)(H,45,51)(H,52,53)(H,54,55)(H,56,57)(H,58,59)(H,60,61)(H,62,63)(H,64,65). The van der Waals surface area contributed by atoms with E-state index in [0.717, 1.165) is 0 Å². The summed E-state index contributed by atoms with van der Waals surface area (Å²) >= 11 is -2.27. The minimum Gasteiger partial charge on any atom is -0.494 e. The molecule has 0 radical (unpaired) electrons. The lowest BCUT2D eigenvalue weighted by atomic mass is 9.83. The molecule has 0 saturated heterocycles. The molecule has 2 amide bonds. The zero-order chi connectivity index (χ0) is 49.6. The molecule has 0 spiro atoms. The van der Waals surface area contributed by atoms with Crippen LogP contribution in [-0.2, 0) is 75.8 Å². The molecule has 0 fully saturated rings. The summed E-state index contributed by atoms with van der Waals surface area (Å²) in [5.41, 5.74) is -2.57. The zero-order valence-corrected chi connectivity index (χ0v) is 37.2. The molecule has 1 atom stereocenters. The lowest BCUT2D eigenvalue weighted by Crippen LogP contribution is -2.50. The number of nitrogens with zero attached hydrogens (tertiary/aromatic N) is 5. The van der Waals surface area contributed by atoms with Crippen LogP contribution in [0.15, 0.2) is 49.1 Å². The van der Waals surface area contributed by atoms with E-state index in [2.05, 4.69) is 25.3 Å². The average Bonchev–Trinajstić information content (AvgIpc) is 3.88. The normalized spacial score (nSPS) is 12.0. The van der Waals surface area contributed by atoms with Crippen LogP contribution >= 0.6 is 0 Å². The Hall–Kier alpha value is -6.93. The number of carbonyl (C=O) groups is 8. The summed E-state index contributed by atoms with van der Waals surface area (Å²) in [6.45, 7) is -0.159. The van der Waals surface area contributed by atoms with Gasteiger partial charge in [0, 0.05) is 86.6 Å². The summed E-state index contributed by atoms with van der Waals surface area (Å²) in [6, 6.07) is 6.28. The topological polar surface area (TPSA) is 379 Å². The van der Waals surface area contributed by atoms with Gasteiger partial charge in [0.15, 0.2) is 0 Å². The third kappa shape index (κ3) is 20.8. The molecule has 3 aromatic rings. The van der Waals surface area contributed by atoms with Gasteiger partial charge in [-0.2, -0.15) is 0 Å². The van der Waals surface area contributed by atoms with Crippen molar-refractivity contribution in [1.82, 2.24) is 34.6 Å². The van der Waals surface area contributed by atoms with Crippen molar-refractivity contribution in [2.45, 2.75) is 121 Å². The number of anilines is 1. The largest absolute Gasteiger partial charge is 0.494 e. The molecule has 67 heavy (non-hydrogen) atoms. The van der Waals surface area contributed by atoms with E-state index in [1.807, 2.05) is 4.90 Å². The van der Waals surface area contributed by atoms with Crippen molar-refractivity contribution in [3.05, 3.63) is 60.7 Å². The SMILES string of the molecule is O=C(O)CCC(CCC(=O)O)(CCC(=O)O)NC(=O)Cn1ccnc1CN(CCCOc1ccc(NS(=O)O)cc1)Cc1nccn1CC(=O)NC(CCC(=O)O)(CCC(=O)O)CCC(=O)O. The molecule has 2 heterocycles. The predicted octanol–water partition coefficient (Wildman–Crippen LogP) is 2.00. The monoisotopic (exact) mass is 964 g/mol. The number of hydrogen-bond donors (Lipinski definition) is 10. The number of aromatic nitrogens is 4. The lowest BCUT2D eigenvalue weighted by molar-refractivity contribution is -0.141. The highest BCUT2D eigenvalue weighted by Crippen LogP contribution is 2.28. The fourth-order valence-electron chi connectivity index (χ4n) is 7.27. The van der Waals surface area contributed by atoms with Gasteiger partial charge in [0.1, 0.15) is 30.5 Å². The van der Waals surface area contributed by atoms with Crippen molar-refractivity contribution < 1.29 is 82.5 Å². The van der Waals surface area contributed by atoms with E-state index in [-0.39, 0.29) is 71.3 Å². The highest BCUT2D eigenvalue weighted by molar-refractivity contribution is 7.80. The Kier molecular flexibility index (Phi) is 21.8. The van der Waals surface area contributed by atoms with Crippen LogP contribution in [-0.4, -0.2) is 135 Å². The number of aliphatic carboxylic acids is 6. The summed E-state index contributed by atoms with van der Waals surface area (Å²) in [6.07, 6.45) is 2.04. The van der Waals surface area contributed by atoms with E-state index >= 15 is 0 Å². The van der Waals surface area contributed by atoms with Crippen LogP contribution in [0.2, 0.25) is 0 Å². The van der Waals surface area contributed by atoms with Crippen LogP contribution < -0.4 is 20.1 Å². The van der Waals surface area contributed by atoms with Crippen LogP contribution in [0.5, 0.6) is 5.75 Å². The number of ether oxygens (including phenoxy) is 1. The Morgan fingerprint density at radius 1 is 0.597 bits per heavy atom. The van der Waals surface area contributed by atoms with Gasteiger partial charge in [-0.25, -0.2) is 14.2 Å². The van der Waals surface area contributed by atoms with Gasteiger partial charge in [-0.05, 0) is 69.2 Å². The molecular weight excluding hydrogens is 909 g/mol. The van der Waals surface area contributed by atoms with Crippen molar-refractivity contribution in [3.63, 3.8) is 0 Å². The fourth-order valence-corrected chi connectivity index (χ4v) is 7.60. The molecule has 10 N–H and O–H groups in total. The molecule has 0 aliphatic heterocycles. The first kappa shape index (κ1) is 54.4. The summed E-state index contributed by atoms with van der Waals surface area (Å²) in [5.74, 6) is -7.53. The minimum atomic E-state index is -2.27. The third-order valence-electron chi connectivity index (χ3n) is 10.6. The molecule has 1 unspecified atom stereocenters. The first-order valence-corrected chi connectivity index (χ1v) is 22.0. The van der Waals surface area contributed by atoms with Gasteiger partial charge in [0.2, 0.25) is 11.8 Å². The zero-order valence-electron chi connectivity index (χ0n) is 36.4. The van der Waals surface area contributed by atoms with Gasteiger partial charge in [0.05, 0.1) is 19.7 Å². The molecule has 0 bridgehead atoms. The second-order valence-corrected chi connectivity index (χ2v) is 16.5. The number of benzene rings is 1. The first-order chi connectivity index (χ1) is 31.7. The second kappa shape index (κ2) is 26.9. The number of imidazole rings is 2. The number of carboxylic acids is 6. The molecule has 2 aromatic heterocycles. The Labute approximate surface area is 385 Å². The van der Waals surface area contributed by atoms with Crippen LogP contribution in [0.1, 0.15) is 95.1 Å². The maximum Gasteiger partial charge on any atom is 0.303 e. The van der Waals surface area contributed by atoms with Gasteiger partial charge in [-0.1, -0.05) is 0 Å². The number of amides is 2. The maximum atomic E-state index is 13.6. The van der Waals surface area contributed by atoms with Crippen molar-refractivity contribution in [2.24, 2.45) is 0 Å². The van der Waals surface area contributed by atoms with Crippen LogP contribution in [0.3, 0.4) is 0 Å². The van der Waals surface area contributed by atoms with E-state index in [4.69, 9.17) is 9.29 Å². The van der Waals surface area contributed by atoms with Crippen LogP contribution in [0.25, 0.3) is 0 Å². The van der Waals surface area contributed by atoms with E-state index in [9.17, 15) is 73.2 Å². The van der Waals surface area contributed by atoms with Gasteiger partial charge in [-0.15, -0.1) is 0 Å². The Balaban J connectivity index is 1.88. The summed E-state index contributed by atoms with van der Waals surface area (Å²) < 4.78 is 31.4. The Morgan fingerprint density at radius 2 is 0.955 bits per heavy atom. The number of hydrogen-bond acceptors (Lipinski definition) is 13. The first-order valence-electron chi connectivity index (χ1n) is 20.9. The average molecular weight is 965 g/mol. The smallest absolute Gasteiger partial charge is 0.303 e. The summed E-state index contributed by atoms with van der Waals surface area (Å²) in [4.78, 5) is 107. The van der Waals surface area contributed by atoms with E-state index in [1.54, 1.807) is 24.3 Å². The fraction of sp³-hybridized carbons (Fsp3) is 0.512. The lowest BCUT2D eigenvalue weighted by Gasteiger charge is -2.34. The van der Waals surface area contributed by atoms with Crippen molar-refractivity contribution in [2.75, 3.05) is 17.9 Å². The molecule has 0 aliphatic carbocycles. The molecule has 1 aromatic carbocycles. The van der Waals surface area contributed by atoms with Crippen molar-refractivity contribution in [1.29, 1.82) is 0 Å². The number of rotatable bonds is 35. The van der Waals surface area contributed by atoms with Gasteiger partial charge in [0.25, 0.3) is 11.3 Å². The van der Waals surface area contributed by atoms with Crippen molar-refractivity contribution in [3.8, 4) is 5.75 Å². The molecule has 25 nitrogen and oxygen atoms in total. The maximum absolute atomic E-state index is 13.6. The minimum absolute atomic E-state index is 0.0584. The second-order valence-electron chi connectivity index (χ2n) is 15.8. The molecule has 0 aliphatic rings. The van der Waals surface area contributed by atoms with Gasteiger partial charge in [-0.3, -0.25) is 52.5 Å². The van der Waals surface area contributed by atoms with E-state index in [0.29, 0.717) is 36.1 Å². The third-order valence-corrected chi connectivity index (χ3v) is 11.0. The van der Waals surface area contributed by atoms with Crippen LogP contribution in [0, 0.1) is 0 Å². The summed E-state index contributed by atoms with van der Waals surface area (Å²) in [5, 5.41) is 61.9. The van der Waals surface area contributed by atoms with Gasteiger partial charge < -0.3 is 55.1 Å². The van der Waals surface area contributed by atoms with E-state index in [1.165, 1.54) is 33.9 Å². The van der Waals surface area contributed by atoms with Crippen LogP contribution in [0.4, 0.5) is 5.69 Å². The Bertz CT molecular complexity index is 1990. The molecular formula is C41H56N8O17S. The predicted molar refractivity (Wildman–Crippen MR) is 232 cm³/mol. The number of carboxylic acid groups (broad SMARTS) is 6. The molecule has 3 rings (SSSR count). The van der Waals surface area contributed by atoms with Crippen molar-refractivity contribution >= 4 is 64.6 Å². The Morgan fingerprint density at radius 3 is 1.28 bits per heavy atom. The molecule has 0 saturated carbocycles. The highest BCUT2D eigenvalue weighted by atomic mass is 32.2. The molecule has 26 heteroatoms. The molecule has 368 valence electrons. The van der Waals surface area contributed by atoms with Gasteiger partial charge >= 0.3 is 35.8 Å². The quantitative estimate of drug-likeness (QED) is 0.0298. The number of nitrogens with one attached hydrogen (secondary N) is 3.